The maximum atomic E-state index is 12.9. The Morgan fingerprint density at radius 1 is 1.38 bits per heavy atom. The van der Waals surface area contributed by atoms with Gasteiger partial charge in [0.05, 0.1) is 22.8 Å². The highest BCUT2D eigenvalue weighted by molar-refractivity contribution is 8.02. The second kappa shape index (κ2) is 5.98. The molecule has 0 aliphatic carbocycles. The zero-order valence-electron chi connectivity index (χ0n) is 14.1. The van der Waals surface area contributed by atoms with Crippen molar-refractivity contribution in [2.24, 2.45) is 0 Å². The van der Waals surface area contributed by atoms with Gasteiger partial charge < -0.3 is 10.6 Å². The third kappa shape index (κ3) is 2.58. The highest BCUT2D eigenvalue weighted by Crippen LogP contribution is 2.43. The Hall–Kier alpha value is -2.28. The predicted molar refractivity (Wildman–Crippen MR) is 95.3 cm³/mol. The molecular formula is C17H20N4O2S. The van der Waals surface area contributed by atoms with Gasteiger partial charge in [-0.2, -0.15) is 5.10 Å². The number of anilines is 2. The summed E-state index contributed by atoms with van der Waals surface area (Å²) < 4.78 is 0.595. The number of hydrogen-bond donors (Lipinski definition) is 2. The first kappa shape index (κ1) is 16.6. The number of benzene rings is 1. The number of carbonyl (C=O) groups excluding carboxylic acids is 2. The molecule has 1 aliphatic rings. The summed E-state index contributed by atoms with van der Waals surface area (Å²) in [5.74, 6) is -0.664. The van der Waals surface area contributed by atoms with E-state index in [1.807, 2.05) is 49.7 Å². The molecule has 2 N–H and O–H groups in total. The van der Waals surface area contributed by atoms with Crippen LogP contribution in [0.5, 0.6) is 0 Å². The molecule has 1 aliphatic heterocycles. The lowest BCUT2D eigenvalue weighted by Gasteiger charge is -2.31. The number of fused-ring (bicyclic) bond motifs is 1. The zero-order valence-corrected chi connectivity index (χ0v) is 15.0. The molecule has 0 bridgehead atoms. The number of nitrogens with one attached hydrogen (secondary N) is 2. The normalized spacial score (nSPS) is 19.6. The van der Waals surface area contributed by atoms with Gasteiger partial charge in [0.2, 0.25) is 11.8 Å². The van der Waals surface area contributed by atoms with E-state index >= 15 is 0 Å². The van der Waals surface area contributed by atoms with Crippen LogP contribution >= 0.6 is 11.8 Å². The molecule has 0 radical (unpaired) electrons. The average molecular weight is 344 g/mol. The molecule has 6 nitrogen and oxygen atoms in total. The van der Waals surface area contributed by atoms with Crippen LogP contribution in [0.2, 0.25) is 0 Å². The van der Waals surface area contributed by atoms with Crippen LogP contribution in [0.4, 0.5) is 11.4 Å². The van der Waals surface area contributed by atoms with E-state index in [-0.39, 0.29) is 11.8 Å². The number of hydrogen-bond acceptors (Lipinski definition) is 4. The summed E-state index contributed by atoms with van der Waals surface area (Å²) in [6.07, 6.45) is 0. The summed E-state index contributed by atoms with van der Waals surface area (Å²) in [4.78, 5) is 26.3. The third-order valence-electron chi connectivity index (χ3n) is 4.24. The number of amides is 2. The Balaban J connectivity index is 1.90. The van der Waals surface area contributed by atoms with Crippen LogP contribution in [0, 0.1) is 13.8 Å². The topological polar surface area (TPSA) is 76.0 Å². The van der Waals surface area contributed by atoms with Crippen molar-refractivity contribution < 1.29 is 9.59 Å². The Kier molecular flexibility index (Phi) is 4.13. The minimum absolute atomic E-state index is 0.318. The molecule has 2 aromatic rings. The molecule has 0 fully saturated rings. The second-order valence-corrected chi connectivity index (χ2v) is 7.36. The minimum Gasteiger partial charge on any atom is -0.323 e. The lowest BCUT2D eigenvalue weighted by molar-refractivity contribution is -0.126. The van der Waals surface area contributed by atoms with E-state index in [0.717, 1.165) is 28.5 Å². The fraction of sp³-hybridized carbons (Fsp3) is 0.353. The first-order chi connectivity index (χ1) is 11.4. The van der Waals surface area contributed by atoms with Crippen molar-refractivity contribution in [3.05, 3.63) is 35.7 Å². The van der Waals surface area contributed by atoms with Gasteiger partial charge in [0, 0.05) is 11.4 Å². The molecule has 1 atom stereocenters. The van der Waals surface area contributed by atoms with Crippen molar-refractivity contribution in [3.63, 3.8) is 0 Å². The third-order valence-corrected chi connectivity index (χ3v) is 5.59. The van der Waals surface area contributed by atoms with Gasteiger partial charge in [-0.1, -0.05) is 23.9 Å². The number of carbonyl (C=O) groups is 2. The van der Waals surface area contributed by atoms with E-state index in [1.165, 1.54) is 11.8 Å². The largest absolute Gasteiger partial charge is 0.323 e. The van der Waals surface area contributed by atoms with Gasteiger partial charge in [-0.25, -0.2) is 0 Å². The Morgan fingerprint density at radius 3 is 2.75 bits per heavy atom. The average Bonchev–Trinajstić information content (AvgIpc) is 2.83. The predicted octanol–water partition coefficient (Wildman–Crippen LogP) is 2.96. The number of nitrogens with zero attached hydrogens (tertiary/aromatic N) is 2. The molecule has 0 saturated heterocycles. The van der Waals surface area contributed by atoms with E-state index < -0.39 is 4.75 Å². The van der Waals surface area contributed by atoms with Crippen molar-refractivity contribution in [1.82, 2.24) is 9.78 Å². The summed E-state index contributed by atoms with van der Waals surface area (Å²) in [7, 11) is 0. The summed E-state index contributed by atoms with van der Waals surface area (Å²) in [5, 5.41) is 10.1. The van der Waals surface area contributed by atoms with Gasteiger partial charge in [0.1, 0.15) is 0 Å². The van der Waals surface area contributed by atoms with Gasteiger partial charge in [0.25, 0.3) is 0 Å². The SMILES string of the molecule is CCn1nc(C)c(NC(=O)[C@]2(C)Sc3ccccc3NC2=O)c1C. The number of thioether (sulfide) groups is 1. The van der Waals surface area contributed by atoms with Crippen LogP contribution in [0.15, 0.2) is 29.2 Å². The van der Waals surface area contributed by atoms with E-state index in [9.17, 15) is 9.59 Å². The maximum absolute atomic E-state index is 12.9. The van der Waals surface area contributed by atoms with Crippen LogP contribution in [-0.4, -0.2) is 26.3 Å². The Labute approximate surface area is 145 Å². The molecule has 7 heteroatoms. The first-order valence-corrected chi connectivity index (χ1v) is 8.63. The number of rotatable bonds is 3. The van der Waals surface area contributed by atoms with Gasteiger partial charge in [-0.05, 0) is 39.8 Å². The van der Waals surface area contributed by atoms with E-state index in [0.29, 0.717) is 5.69 Å². The summed E-state index contributed by atoms with van der Waals surface area (Å²) in [5.41, 5.74) is 3.04. The second-order valence-electron chi connectivity index (χ2n) is 5.90. The molecule has 2 amide bonds. The fourth-order valence-corrected chi connectivity index (χ4v) is 3.84. The van der Waals surface area contributed by atoms with Gasteiger partial charge >= 0.3 is 0 Å². The fourth-order valence-electron chi connectivity index (χ4n) is 2.73. The van der Waals surface area contributed by atoms with Gasteiger partial charge in [-0.3, -0.25) is 14.3 Å². The molecule has 2 heterocycles. The number of para-hydroxylation sites is 1. The number of aromatic nitrogens is 2. The zero-order chi connectivity index (χ0) is 17.5. The van der Waals surface area contributed by atoms with Gasteiger partial charge in [-0.15, -0.1) is 0 Å². The van der Waals surface area contributed by atoms with Gasteiger partial charge in [0.15, 0.2) is 4.75 Å². The summed E-state index contributed by atoms with van der Waals surface area (Å²) in [6.45, 7) is 8.12. The molecule has 1 aromatic carbocycles. The first-order valence-electron chi connectivity index (χ1n) is 7.81. The van der Waals surface area contributed by atoms with Crippen LogP contribution in [-0.2, 0) is 16.1 Å². The van der Waals surface area contributed by atoms with Crippen LogP contribution in [0.3, 0.4) is 0 Å². The van der Waals surface area contributed by atoms with Crippen LogP contribution < -0.4 is 10.6 Å². The van der Waals surface area contributed by atoms with E-state index in [1.54, 1.807) is 6.92 Å². The van der Waals surface area contributed by atoms with Crippen molar-refractivity contribution in [2.75, 3.05) is 10.6 Å². The van der Waals surface area contributed by atoms with E-state index in [2.05, 4.69) is 15.7 Å². The molecule has 126 valence electrons. The molecule has 3 rings (SSSR count). The molecule has 0 spiro atoms. The Bertz CT molecular complexity index is 830. The highest BCUT2D eigenvalue weighted by atomic mass is 32.2. The van der Waals surface area contributed by atoms with Crippen LogP contribution in [0.25, 0.3) is 0 Å². The standard InChI is InChI=1S/C17H20N4O2S/c1-5-21-11(3)14(10(2)20-21)19-16(23)17(4)15(22)18-12-8-6-7-9-13(12)24-17/h6-9H,5H2,1-4H3,(H,18,22)(H,19,23)/t17-/m1/s1. The molecule has 0 unspecified atom stereocenters. The summed E-state index contributed by atoms with van der Waals surface area (Å²) >= 11 is 1.27. The lowest BCUT2D eigenvalue weighted by Crippen LogP contribution is -2.49. The lowest BCUT2D eigenvalue weighted by atomic mass is 10.1. The monoisotopic (exact) mass is 344 g/mol. The maximum Gasteiger partial charge on any atom is 0.250 e. The minimum atomic E-state index is -1.23. The van der Waals surface area contributed by atoms with Crippen molar-refractivity contribution >= 4 is 35.0 Å². The molecule has 24 heavy (non-hydrogen) atoms. The van der Waals surface area contributed by atoms with Crippen molar-refractivity contribution in [2.45, 2.75) is 43.9 Å². The smallest absolute Gasteiger partial charge is 0.250 e. The quantitative estimate of drug-likeness (QED) is 0.840. The molecule has 1 aromatic heterocycles. The number of aryl methyl sites for hydroxylation is 2. The Morgan fingerprint density at radius 2 is 2.08 bits per heavy atom. The molecular weight excluding hydrogens is 324 g/mol. The van der Waals surface area contributed by atoms with Crippen molar-refractivity contribution in [1.29, 1.82) is 0 Å². The van der Waals surface area contributed by atoms with Crippen LogP contribution in [0.1, 0.15) is 25.2 Å². The van der Waals surface area contributed by atoms with E-state index in [4.69, 9.17) is 0 Å². The highest BCUT2D eigenvalue weighted by Gasteiger charge is 2.46. The van der Waals surface area contributed by atoms with Crippen molar-refractivity contribution in [3.8, 4) is 0 Å². The molecule has 0 saturated carbocycles. The summed E-state index contributed by atoms with van der Waals surface area (Å²) in [6, 6.07) is 7.48.